The van der Waals surface area contributed by atoms with Crippen LogP contribution in [0.4, 0.5) is 10.8 Å². The van der Waals surface area contributed by atoms with Crippen LogP contribution in [0.15, 0.2) is 28.5 Å². The molecule has 1 saturated carbocycles. The molecule has 2 aromatic heterocycles. The molecule has 20 heavy (non-hydrogen) atoms. The normalized spacial score (nSPS) is 14.2. The highest BCUT2D eigenvalue weighted by molar-refractivity contribution is 7.13. The van der Waals surface area contributed by atoms with Crippen molar-refractivity contribution in [1.29, 1.82) is 0 Å². The van der Waals surface area contributed by atoms with Gasteiger partial charge in [0.2, 0.25) is 5.91 Å². The molecule has 0 bridgehead atoms. The predicted octanol–water partition coefficient (Wildman–Crippen LogP) is 1.40. The number of nitrogen functional groups attached to an aromatic ring is 1. The van der Waals surface area contributed by atoms with E-state index in [0.717, 1.165) is 5.69 Å². The number of hydrogen-bond donors (Lipinski definition) is 2. The molecule has 0 radical (unpaired) electrons. The molecule has 0 aromatic carbocycles. The predicted molar refractivity (Wildman–Crippen MR) is 77.8 cm³/mol. The smallest absolute Gasteiger partial charge is 0.251 e. The highest BCUT2D eigenvalue weighted by Gasteiger charge is 2.26. The summed E-state index contributed by atoms with van der Waals surface area (Å²) in [6.07, 6.45) is 3.81. The minimum absolute atomic E-state index is 0.0672. The van der Waals surface area contributed by atoms with Crippen LogP contribution < -0.4 is 16.6 Å². The minimum atomic E-state index is -0.283. The second kappa shape index (κ2) is 5.09. The van der Waals surface area contributed by atoms with E-state index in [9.17, 15) is 9.59 Å². The van der Waals surface area contributed by atoms with Crippen molar-refractivity contribution in [3.05, 3.63) is 39.8 Å². The number of thiazole rings is 1. The van der Waals surface area contributed by atoms with Crippen LogP contribution in [-0.2, 0) is 11.3 Å². The number of pyridine rings is 1. The van der Waals surface area contributed by atoms with Crippen molar-refractivity contribution in [2.45, 2.75) is 25.3 Å². The zero-order valence-electron chi connectivity index (χ0n) is 10.7. The number of anilines is 2. The summed E-state index contributed by atoms with van der Waals surface area (Å²) in [4.78, 5) is 27.8. The lowest BCUT2D eigenvalue weighted by Gasteiger charge is -2.05. The van der Waals surface area contributed by atoms with E-state index in [4.69, 9.17) is 5.73 Å². The van der Waals surface area contributed by atoms with Gasteiger partial charge < -0.3 is 15.6 Å². The molecule has 0 spiro atoms. The number of rotatable bonds is 4. The topological polar surface area (TPSA) is 90.0 Å². The Hall–Kier alpha value is -2.15. The van der Waals surface area contributed by atoms with Gasteiger partial charge in [0.05, 0.1) is 5.69 Å². The Morgan fingerprint density at radius 2 is 2.30 bits per heavy atom. The van der Waals surface area contributed by atoms with Gasteiger partial charge in [0.15, 0.2) is 5.13 Å². The minimum Gasteiger partial charge on any atom is -0.398 e. The molecule has 0 saturated heterocycles. The lowest BCUT2D eigenvalue weighted by atomic mass is 10.3. The maximum atomic E-state index is 11.9. The van der Waals surface area contributed by atoms with Gasteiger partial charge in [-0.05, 0) is 18.9 Å². The largest absolute Gasteiger partial charge is 0.398 e. The van der Waals surface area contributed by atoms with Gasteiger partial charge in [-0.25, -0.2) is 4.98 Å². The number of hydrogen-bond acceptors (Lipinski definition) is 5. The van der Waals surface area contributed by atoms with E-state index in [1.54, 1.807) is 0 Å². The molecule has 7 heteroatoms. The van der Waals surface area contributed by atoms with Crippen LogP contribution in [0.3, 0.4) is 0 Å². The number of carbonyl (C=O) groups is 1. The van der Waals surface area contributed by atoms with E-state index in [1.807, 2.05) is 5.38 Å². The van der Waals surface area contributed by atoms with Crippen molar-refractivity contribution in [1.82, 2.24) is 9.55 Å². The fraction of sp³-hybridized carbons (Fsp3) is 0.308. The fourth-order valence-electron chi connectivity index (χ4n) is 1.90. The van der Waals surface area contributed by atoms with Gasteiger partial charge in [-0.1, -0.05) is 0 Å². The lowest BCUT2D eigenvalue weighted by molar-refractivity contribution is -0.116. The second-order valence-electron chi connectivity index (χ2n) is 4.83. The summed E-state index contributed by atoms with van der Waals surface area (Å²) in [5.74, 6) is 0.280. The van der Waals surface area contributed by atoms with Crippen molar-refractivity contribution in [3.8, 4) is 0 Å². The lowest BCUT2D eigenvalue weighted by Crippen LogP contribution is -2.26. The summed E-state index contributed by atoms with van der Waals surface area (Å²) >= 11 is 1.41. The molecule has 6 nitrogen and oxygen atoms in total. The summed E-state index contributed by atoms with van der Waals surface area (Å²) in [7, 11) is 0. The summed E-state index contributed by atoms with van der Waals surface area (Å²) in [5.41, 5.74) is 6.83. The summed E-state index contributed by atoms with van der Waals surface area (Å²) in [6, 6.07) is 2.86. The van der Waals surface area contributed by atoms with E-state index < -0.39 is 0 Å². The molecule has 1 amide bonds. The Kier molecular flexibility index (Phi) is 3.27. The van der Waals surface area contributed by atoms with Crippen LogP contribution >= 0.6 is 11.3 Å². The highest BCUT2D eigenvalue weighted by atomic mass is 32.1. The van der Waals surface area contributed by atoms with Crippen molar-refractivity contribution in [2.24, 2.45) is 0 Å². The maximum absolute atomic E-state index is 11.9. The van der Waals surface area contributed by atoms with Crippen molar-refractivity contribution >= 4 is 28.1 Å². The van der Waals surface area contributed by atoms with Crippen molar-refractivity contribution < 1.29 is 4.79 Å². The van der Waals surface area contributed by atoms with Crippen LogP contribution in [0.5, 0.6) is 0 Å². The first kappa shape index (κ1) is 12.9. The van der Waals surface area contributed by atoms with Crippen LogP contribution in [0.25, 0.3) is 0 Å². The molecule has 0 aliphatic heterocycles. The van der Waals surface area contributed by atoms with Gasteiger partial charge >= 0.3 is 0 Å². The average Bonchev–Trinajstić information content (AvgIpc) is 3.15. The molecule has 1 aliphatic carbocycles. The Balaban J connectivity index is 1.66. The first-order chi connectivity index (χ1) is 9.61. The molecule has 1 aliphatic rings. The summed E-state index contributed by atoms with van der Waals surface area (Å²) in [5, 5.41) is 5.26. The molecule has 3 N–H and O–H groups in total. The Bertz CT molecular complexity index is 702. The van der Waals surface area contributed by atoms with E-state index in [1.165, 1.54) is 47.1 Å². The van der Waals surface area contributed by atoms with Crippen LogP contribution in [0, 0.1) is 0 Å². The molecule has 1 fully saturated rings. The number of amides is 1. The van der Waals surface area contributed by atoms with Gasteiger partial charge in [-0.15, -0.1) is 11.3 Å². The third-order valence-electron chi connectivity index (χ3n) is 3.08. The molecular weight excluding hydrogens is 276 g/mol. The summed E-state index contributed by atoms with van der Waals surface area (Å²) in [6.45, 7) is -0.0672. The number of nitrogens with zero attached hydrogens (tertiary/aromatic N) is 2. The van der Waals surface area contributed by atoms with Gasteiger partial charge in [0, 0.05) is 29.2 Å². The zero-order valence-corrected chi connectivity index (χ0v) is 11.5. The first-order valence-corrected chi connectivity index (χ1v) is 7.21. The quantitative estimate of drug-likeness (QED) is 0.890. The zero-order chi connectivity index (χ0) is 14.1. The van der Waals surface area contributed by atoms with Crippen LogP contribution in [0.2, 0.25) is 0 Å². The number of nitrogens with one attached hydrogen (secondary N) is 1. The monoisotopic (exact) mass is 290 g/mol. The molecule has 0 atom stereocenters. The molecule has 104 valence electrons. The van der Waals surface area contributed by atoms with Crippen LogP contribution in [0.1, 0.15) is 24.5 Å². The number of carbonyl (C=O) groups excluding carboxylic acids is 1. The molecule has 2 aromatic rings. The van der Waals surface area contributed by atoms with Crippen molar-refractivity contribution in [2.75, 3.05) is 11.1 Å². The first-order valence-electron chi connectivity index (χ1n) is 6.33. The van der Waals surface area contributed by atoms with Gasteiger partial charge in [-0.2, -0.15) is 0 Å². The van der Waals surface area contributed by atoms with E-state index in [2.05, 4.69) is 10.3 Å². The van der Waals surface area contributed by atoms with Crippen molar-refractivity contribution in [3.63, 3.8) is 0 Å². The third-order valence-corrected chi connectivity index (χ3v) is 3.86. The highest BCUT2D eigenvalue weighted by Crippen LogP contribution is 2.40. The average molecular weight is 290 g/mol. The SMILES string of the molecule is Nc1ccc(=O)n(CC(=O)Nc2nc(C3CC3)cs2)c1. The van der Waals surface area contributed by atoms with Gasteiger partial charge in [-0.3, -0.25) is 9.59 Å². The maximum Gasteiger partial charge on any atom is 0.251 e. The van der Waals surface area contributed by atoms with Gasteiger partial charge in [0.25, 0.3) is 5.56 Å². The molecule has 2 heterocycles. The second-order valence-corrected chi connectivity index (χ2v) is 5.69. The summed E-state index contributed by atoms with van der Waals surface area (Å²) < 4.78 is 1.28. The molecular formula is C13H14N4O2S. The molecule has 0 unspecified atom stereocenters. The van der Waals surface area contributed by atoms with E-state index >= 15 is 0 Å². The van der Waals surface area contributed by atoms with E-state index in [0.29, 0.717) is 16.7 Å². The fourth-order valence-corrected chi connectivity index (χ4v) is 2.71. The molecule has 3 rings (SSSR count). The van der Waals surface area contributed by atoms with Crippen LogP contribution in [-0.4, -0.2) is 15.5 Å². The third kappa shape index (κ3) is 2.88. The number of aromatic nitrogens is 2. The Morgan fingerprint density at radius 3 is 3.05 bits per heavy atom. The Labute approximate surface area is 119 Å². The Morgan fingerprint density at radius 1 is 1.50 bits per heavy atom. The number of nitrogens with two attached hydrogens (primary N) is 1. The van der Waals surface area contributed by atoms with E-state index in [-0.39, 0.29) is 18.0 Å². The standard InChI is InChI=1S/C13H14N4O2S/c14-9-3-4-12(19)17(5-9)6-11(18)16-13-15-10(7-20-13)8-1-2-8/h3-5,7-8H,1-2,6,14H2,(H,15,16,18). The van der Waals surface area contributed by atoms with Gasteiger partial charge in [0.1, 0.15) is 6.54 Å².